The number of methoxy groups -OCH3 is 1. The minimum atomic E-state index is -2.02. The van der Waals surface area contributed by atoms with E-state index in [9.17, 15) is 49.2 Å². The molecule has 0 aromatic heterocycles. The fraction of sp³-hybridized carbons (Fsp3) is 0.627. The molecule has 21 nitrogen and oxygen atoms in total. The number of rotatable bonds is 13. The molecule has 2 aromatic rings. The van der Waals surface area contributed by atoms with Gasteiger partial charge < -0.3 is 65.5 Å². The van der Waals surface area contributed by atoms with Crippen LogP contribution < -0.4 is 36.7 Å². The van der Waals surface area contributed by atoms with Crippen LogP contribution in [0.1, 0.15) is 123 Å². The van der Waals surface area contributed by atoms with E-state index in [2.05, 4.69) is 45.0 Å². The number of nitrogens with zero attached hydrogens (tertiary/aromatic N) is 3. The van der Waals surface area contributed by atoms with Crippen molar-refractivity contribution in [1.29, 1.82) is 0 Å². The van der Waals surface area contributed by atoms with Crippen LogP contribution in [0.5, 0.6) is 17.2 Å². The molecule has 0 saturated carbocycles. The summed E-state index contributed by atoms with van der Waals surface area (Å²) in [7, 11) is 1.44. The average molecular weight is 1140 g/mol. The van der Waals surface area contributed by atoms with Gasteiger partial charge in [-0.3, -0.25) is 29.0 Å². The number of ketones is 2. The summed E-state index contributed by atoms with van der Waals surface area (Å²) in [6, 6.07) is 0.00340. The number of allylic oxidation sites excluding steroid dienone is 2. The minimum Gasteiger partial charge on any atom is -0.507 e. The second-order valence-corrected chi connectivity index (χ2v) is 24.9. The van der Waals surface area contributed by atoms with Crippen LogP contribution >= 0.6 is 11.8 Å². The van der Waals surface area contributed by atoms with E-state index in [1.165, 1.54) is 53.2 Å². The standard InChI is InChI=1S/C59H81N7O14S/c1-28(2)26-66-19-17-59(18-20-66)64-46-42-43-51(72)34(8)54-44(42)55(74)58(10,80-54)78-21-16-39(77-11)31(5)53(79-35(9)67)33(7)50(71)32(6)49(70)29(3)22-36(23-30(4)56(75)62-48(52(43)73)47(46)65-59)24-37(68)25-60-41(69)15-13-12-14-40-45-38(27-81-40)61-57(76)63-45/h16,21-23,28-29,31-33,38-40,45,49-50,53,64,70-73H,12-15,17-20,24-27H2,1-11H3,(H,60,69)(H2,61,63,76)/b21-16+,30-23-,36-22-,62-48?/t29-,31+,32+,33+,38?,39-,40?,45?,49-,50+,53+,58-/m0/s1. The lowest BCUT2D eigenvalue weighted by molar-refractivity contribution is -0.160. The summed E-state index contributed by atoms with van der Waals surface area (Å²) in [5, 5.41) is 60.7. The molecule has 12 atom stereocenters. The molecule has 7 heterocycles. The Hall–Kier alpha value is -6.07. The summed E-state index contributed by atoms with van der Waals surface area (Å²) >= 11 is 1.80. The van der Waals surface area contributed by atoms with Crippen molar-refractivity contribution in [1.82, 2.24) is 20.9 Å². The van der Waals surface area contributed by atoms with Crippen molar-refractivity contribution >= 4 is 63.6 Å². The van der Waals surface area contributed by atoms with Crippen molar-refractivity contribution in [2.45, 2.75) is 167 Å². The first-order valence-electron chi connectivity index (χ1n) is 28.3. The zero-order valence-corrected chi connectivity index (χ0v) is 49.2. The van der Waals surface area contributed by atoms with Gasteiger partial charge in [0.05, 0.1) is 59.8 Å². The fourth-order valence-corrected chi connectivity index (χ4v) is 14.0. The van der Waals surface area contributed by atoms with Crippen molar-refractivity contribution in [3.63, 3.8) is 0 Å². The number of aliphatic hydroxyl groups excluding tert-OH is 2. The number of phenols is 2. The molecule has 0 radical (unpaired) electrons. The Bertz CT molecular complexity index is 3050. The molecule has 1 spiro atoms. The third-order valence-corrected chi connectivity index (χ3v) is 18.5. The molecule has 2 aromatic carbocycles. The largest absolute Gasteiger partial charge is 0.507 e. The number of likely N-dealkylation sites (tertiary alicyclic amines) is 1. The third kappa shape index (κ3) is 12.8. The molecular weight excluding hydrogens is 1060 g/mol. The number of aromatic hydroxyl groups is 2. The summed E-state index contributed by atoms with van der Waals surface area (Å²) < 4.78 is 24.3. The van der Waals surface area contributed by atoms with Gasteiger partial charge in [0, 0.05) is 117 Å². The predicted molar refractivity (Wildman–Crippen MR) is 303 cm³/mol. The fourth-order valence-electron chi connectivity index (χ4n) is 12.5. The van der Waals surface area contributed by atoms with Gasteiger partial charge >= 0.3 is 17.8 Å². The van der Waals surface area contributed by atoms with Gasteiger partial charge in [-0.25, -0.2) is 9.79 Å². The lowest BCUT2D eigenvalue weighted by Crippen LogP contribution is -2.47. The zero-order valence-electron chi connectivity index (χ0n) is 48.3. The maximum Gasteiger partial charge on any atom is 0.315 e. The number of thioether (sulfide) groups is 1. The van der Waals surface area contributed by atoms with Gasteiger partial charge in [-0.15, -0.1) is 0 Å². The van der Waals surface area contributed by atoms with E-state index in [4.69, 9.17) is 23.9 Å². The van der Waals surface area contributed by atoms with Crippen molar-refractivity contribution in [2.24, 2.45) is 39.6 Å². The summed E-state index contributed by atoms with van der Waals surface area (Å²) in [5.41, 5.74) is -0.318. The Morgan fingerprint density at radius 1 is 0.963 bits per heavy atom. The monoisotopic (exact) mass is 1140 g/mol. The SMILES string of the molecule is CO[C@H]1/C=C/O[C@@]2(C)Oc3c(C)c(O)c4c(O)c(c5c(c4c3C2=O)NC2(CCN(CC(C)C)CC2)N=5)=NC(=O)/C(C)=C\C(CC(=O)CNC(=O)CCCCC2SCC3NC(=O)NC32)=C\[C@H](C)[C@H](O)[C@@H](C)[C@@H](O)[C@@H](C)[C@H](OC(C)=O)[C@@H]1C. The van der Waals surface area contributed by atoms with E-state index in [1.54, 1.807) is 45.5 Å². The highest BCUT2D eigenvalue weighted by molar-refractivity contribution is 8.00. The Balaban J connectivity index is 1.18. The number of aliphatic hydroxyl groups is 2. The summed E-state index contributed by atoms with van der Waals surface area (Å²) in [6.07, 6.45) is 4.54. The Kier molecular flexibility index (Phi) is 18.7. The van der Waals surface area contributed by atoms with Gasteiger partial charge in [-0.1, -0.05) is 60.1 Å². The lowest BCUT2D eigenvalue weighted by atomic mass is 9.78. The highest BCUT2D eigenvalue weighted by Crippen LogP contribution is 2.51. The van der Waals surface area contributed by atoms with Gasteiger partial charge in [-0.05, 0) is 44.3 Å². The van der Waals surface area contributed by atoms with E-state index in [-0.39, 0.29) is 104 Å². The van der Waals surface area contributed by atoms with E-state index >= 15 is 0 Å². The number of ether oxygens (including phenoxy) is 4. The van der Waals surface area contributed by atoms with Crippen LogP contribution in [0.4, 0.5) is 10.5 Å². The maximum absolute atomic E-state index is 15.0. The number of benzene rings is 2. The molecule has 5 bridgehead atoms. The number of hydrogen-bond acceptors (Lipinski definition) is 18. The van der Waals surface area contributed by atoms with Crippen LogP contribution in [0, 0.1) is 36.5 Å². The molecule has 81 heavy (non-hydrogen) atoms. The van der Waals surface area contributed by atoms with E-state index in [1.807, 2.05) is 0 Å². The quantitative estimate of drug-likeness (QED) is 0.0571. The number of esters is 1. The van der Waals surface area contributed by atoms with Gasteiger partial charge in [0.25, 0.3) is 11.7 Å². The Morgan fingerprint density at radius 2 is 1.68 bits per heavy atom. The van der Waals surface area contributed by atoms with Gasteiger partial charge in [0.15, 0.2) is 11.5 Å². The number of fused-ring (bicyclic) bond motifs is 14. The van der Waals surface area contributed by atoms with Gasteiger partial charge in [0.2, 0.25) is 5.91 Å². The lowest BCUT2D eigenvalue weighted by Gasteiger charge is -2.38. The number of amides is 4. The van der Waals surface area contributed by atoms with Gasteiger partial charge in [-0.2, -0.15) is 11.8 Å². The first kappa shape index (κ1) is 61.0. The van der Waals surface area contributed by atoms with E-state index in [0.717, 1.165) is 25.1 Å². The highest BCUT2D eigenvalue weighted by atomic mass is 32.2. The van der Waals surface area contributed by atoms with Crippen LogP contribution in [0.2, 0.25) is 0 Å². The first-order valence-corrected chi connectivity index (χ1v) is 29.4. The summed E-state index contributed by atoms with van der Waals surface area (Å²) in [4.78, 5) is 93.1. The smallest absolute Gasteiger partial charge is 0.315 e. The first-order chi connectivity index (χ1) is 38.3. The second kappa shape index (κ2) is 24.8. The molecule has 3 saturated heterocycles. The van der Waals surface area contributed by atoms with Crippen LogP contribution in [-0.2, 0) is 33.4 Å². The Labute approximate surface area is 476 Å². The number of urea groups is 1. The number of phenolic OH excluding ortho intramolecular Hbond substituents is 2. The number of nitrogens with one attached hydrogen (secondary N) is 4. The summed E-state index contributed by atoms with van der Waals surface area (Å²) in [5.74, 6) is -7.76. The maximum atomic E-state index is 15.0. The molecule has 7 aliphatic rings. The molecule has 3 unspecified atom stereocenters. The van der Waals surface area contributed by atoms with E-state index in [0.29, 0.717) is 38.3 Å². The van der Waals surface area contributed by atoms with Gasteiger partial charge in [0.1, 0.15) is 34.0 Å². The number of anilines is 1. The molecule has 0 aliphatic carbocycles. The van der Waals surface area contributed by atoms with Crippen molar-refractivity contribution in [3.8, 4) is 17.2 Å². The molecule has 9 rings (SSSR count). The number of carbonyl (C=O) groups excluding carboxylic acids is 6. The van der Waals surface area contributed by atoms with Crippen LogP contribution in [0.25, 0.3) is 10.8 Å². The van der Waals surface area contributed by atoms with Crippen molar-refractivity contribution in [2.75, 3.05) is 44.4 Å². The highest BCUT2D eigenvalue weighted by Gasteiger charge is 2.51. The third-order valence-electron chi connectivity index (χ3n) is 17.0. The normalized spacial score (nSPS) is 32.0. The molecule has 7 aliphatic heterocycles. The number of piperidine rings is 1. The van der Waals surface area contributed by atoms with Crippen molar-refractivity contribution in [3.05, 3.63) is 57.5 Å². The van der Waals surface area contributed by atoms with Crippen molar-refractivity contribution < 1.29 is 68.1 Å². The molecule has 3 fully saturated rings. The van der Waals surface area contributed by atoms with Crippen LogP contribution in [-0.4, -0.2) is 153 Å². The zero-order chi connectivity index (χ0) is 59.0. The number of hydrogen-bond donors (Lipinski definition) is 8. The predicted octanol–water partition coefficient (Wildman–Crippen LogP) is 4.92. The van der Waals surface area contributed by atoms with Crippen LogP contribution in [0.3, 0.4) is 0 Å². The Morgan fingerprint density at radius 3 is 2.36 bits per heavy atom. The van der Waals surface area contributed by atoms with Crippen LogP contribution in [0.15, 0.2) is 45.6 Å². The molecule has 8 N–H and O–H groups in total. The average Bonchev–Trinajstić information content (AvgIpc) is 4.21. The number of unbranched alkanes of at least 4 members (excludes halogenated alkanes) is 1. The summed E-state index contributed by atoms with van der Waals surface area (Å²) in [6.45, 7) is 18.6. The second-order valence-electron chi connectivity index (χ2n) is 23.7. The molecular formula is C59H81N7O14S. The molecule has 22 heteroatoms. The topological polar surface area (TPSA) is 296 Å². The molecule has 442 valence electrons. The minimum absolute atomic E-state index is 0.00228. The number of carbonyl (C=O) groups is 6. The number of Topliss-reactive ketones (excluding diaryl/α,β-unsaturated/α-hetero) is 2. The molecule has 4 amide bonds. The van der Waals surface area contributed by atoms with E-state index < -0.39 is 94.5 Å².